The maximum atomic E-state index is 12.6. The van der Waals surface area contributed by atoms with Crippen LogP contribution in [-0.4, -0.2) is 74.8 Å². The van der Waals surface area contributed by atoms with Crippen LogP contribution in [0.15, 0.2) is 30.3 Å². The van der Waals surface area contributed by atoms with Crippen LogP contribution in [0.2, 0.25) is 0 Å². The predicted octanol–water partition coefficient (Wildman–Crippen LogP) is 2.06. The first-order valence-corrected chi connectivity index (χ1v) is 12.3. The number of morpholine rings is 1. The summed E-state index contributed by atoms with van der Waals surface area (Å²) in [6.07, 6.45) is 1.66. The van der Waals surface area contributed by atoms with Gasteiger partial charge in [-0.3, -0.25) is 14.5 Å². The molecule has 190 valence electrons. The highest BCUT2D eigenvalue weighted by Gasteiger charge is 2.22. The number of amides is 3. The van der Waals surface area contributed by atoms with E-state index in [0.717, 1.165) is 44.8 Å². The number of carbonyl (C=O) groups is 3. The van der Waals surface area contributed by atoms with Gasteiger partial charge in [-0.1, -0.05) is 44.2 Å². The first kappa shape index (κ1) is 27.6. The van der Waals surface area contributed by atoms with Gasteiger partial charge in [0.15, 0.2) is 0 Å². The molecule has 1 aromatic carbocycles. The number of hydrogen-bond donors (Lipinski definition) is 3. The van der Waals surface area contributed by atoms with Gasteiger partial charge in [0, 0.05) is 32.6 Å². The van der Waals surface area contributed by atoms with Crippen molar-refractivity contribution in [1.29, 1.82) is 0 Å². The summed E-state index contributed by atoms with van der Waals surface area (Å²) in [7, 11) is 0. The number of alkyl carbamates (subject to hydrolysis) is 1. The van der Waals surface area contributed by atoms with E-state index in [0.29, 0.717) is 32.4 Å². The molecule has 1 saturated heterocycles. The molecule has 0 aliphatic carbocycles. The van der Waals surface area contributed by atoms with E-state index in [-0.39, 0.29) is 24.3 Å². The molecule has 9 heteroatoms. The van der Waals surface area contributed by atoms with Crippen molar-refractivity contribution in [3.8, 4) is 0 Å². The zero-order chi connectivity index (χ0) is 24.6. The number of nitrogens with one attached hydrogen (secondary N) is 3. The van der Waals surface area contributed by atoms with Crippen LogP contribution in [0.5, 0.6) is 0 Å². The topological polar surface area (TPSA) is 109 Å². The molecular formula is C25H40N4O5. The van der Waals surface area contributed by atoms with Gasteiger partial charge in [0.1, 0.15) is 12.6 Å². The van der Waals surface area contributed by atoms with Crippen molar-refractivity contribution in [1.82, 2.24) is 20.9 Å². The van der Waals surface area contributed by atoms with Crippen LogP contribution in [0.3, 0.4) is 0 Å². The molecule has 2 rings (SSSR count). The van der Waals surface area contributed by atoms with E-state index in [1.54, 1.807) is 0 Å². The number of ether oxygens (including phenoxy) is 2. The van der Waals surface area contributed by atoms with Crippen LogP contribution in [0, 0.1) is 5.92 Å². The highest BCUT2D eigenvalue weighted by Crippen LogP contribution is 2.07. The van der Waals surface area contributed by atoms with E-state index in [9.17, 15) is 14.4 Å². The fourth-order valence-electron chi connectivity index (χ4n) is 3.64. The highest BCUT2D eigenvalue weighted by molar-refractivity contribution is 5.85. The number of nitrogens with zero attached hydrogens (tertiary/aromatic N) is 1. The molecule has 0 aromatic heterocycles. The molecule has 0 spiro atoms. The largest absolute Gasteiger partial charge is 0.445 e. The maximum absolute atomic E-state index is 12.6. The first-order chi connectivity index (χ1) is 16.4. The van der Waals surface area contributed by atoms with Crippen molar-refractivity contribution in [3.05, 3.63) is 35.9 Å². The molecule has 0 unspecified atom stereocenters. The Morgan fingerprint density at radius 3 is 2.44 bits per heavy atom. The first-order valence-electron chi connectivity index (χ1n) is 12.3. The van der Waals surface area contributed by atoms with Gasteiger partial charge in [-0.15, -0.1) is 0 Å². The van der Waals surface area contributed by atoms with Crippen LogP contribution >= 0.6 is 0 Å². The Balaban J connectivity index is 1.60. The van der Waals surface area contributed by atoms with Gasteiger partial charge in [-0.25, -0.2) is 4.79 Å². The molecule has 0 saturated carbocycles. The van der Waals surface area contributed by atoms with Gasteiger partial charge < -0.3 is 25.4 Å². The summed E-state index contributed by atoms with van der Waals surface area (Å²) >= 11 is 0. The molecule has 3 amide bonds. The van der Waals surface area contributed by atoms with Crippen molar-refractivity contribution < 1.29 is 23.9 Å². The van der Waals surface area contributed by atoms with Crippen LogP contribution < -0.4 is 16.0 Å². The Bertz CT molecular complexity index is 738. The second-order valence-corrected chi connectivity index (χ2v) is 8.94. The van der Waals surface area contributed by atoms with Crippen molar-refractivity contribution in [2.24, 2.45) is 5.92 Å². The van der Waals surface area contributed by atoms with Gasteiger partial charge in [0.25, 0.3) is 0 Å². The van der Waals surface area contributed by atoms with E-state index in [1.807, 2.05) is 44.2 Å². The second-order valence-electron chi connectivity index (χ2n) is 8.94. The summed E-state index contributed by atoms with van der Waals surface area (Å²) < 4.78 is 10.6. The van der Waals surface area contributed by atoms with Crippen LogP contribution in [0.4, 0.5) is 4.79 Å². The minimum atomic E-state index is -0.683. The standard InChI is InChI=1S/C25H40N4O5/c1-20(2)18-22(28-25(32)34-19-21-8-4-3-5-9-21)24(31)27-11-6-10-23(30)26-12-7-13-29-14-16-33-17-15-29/h3-5,8-9,20,22H,6-7,10-19H2,1-2H3,(H,26,30)(H,27,31)(H,28,32)/t22-/m0/s1. The number of benzene rings is 1. The lowest BCUT2D eigenvalue weighted by molar-refractivity contribution is -0.124. The van der Waals surface area contributed by atoms with Crippen LogP contribution in [0.1, 0.15) is 45.1 Å². The van der Waals surface area contributed by atoms with Gasteiger partial charge in [0.2, 0.25) is 11.8 Å². The number of rotatable bonds is 14. The summed E-state index contributed by atoms with van der Waals surface area (Å²) in [5, 5.41) is 8.42. The van der Waals surface area contributed by atoms with Gasteiger partial charge in [-0.05, 0) is 37.3 Å². The minimum Gasteiger partial charge on any atom is -0.445 e. The molecule has 1 heterocycles. The van der Waals surface area contributed by atoms with E-state index in [1.165, 1.54) is 0 Å². The third-order valence-electron chi connectivity index (χ3n) is 5.49. The summed E-state index contributed by atoms with van der Waals surface area (Å²) in [6, 6.07) is 8.69. The quantitative estimate of drug-likeness (QED) is 0.355. The third kappa shape index (κ3) is 12.0. The van der Waals surface area contributed by atoms with Gasteiger partial charge >= 0.3 is 6.09 Å². The maximum Gasteiger partial charge on any atom is 0.408 e. The number of carbonyl (C=O) groups excluding carboxylic acids is 3. The number of hydrogen-bond acceptors (Lipinski definition) is 6. The average Bonchev–Trinajstić information content (AvgIpc) is 2.83. The zero-order valence-electron chi connectivity index (χ0n) is 20.5. The van der Waals surface area contributed by atoms with E-state index < -0.39 is 12.1 Å². The van der Waals surface area contributed by atoms with Crippen molar-refractivity contribution >= 4 is 17.9 Å². The fraction of sp³-hybridized carbons (Fsp3) is 0.640. The normalized spacial score (nSPS) is 14.9. The molecule has 1 aromatic rings. The lowest BCUT2D eigenvalue weighted by atomic mass is 10.0. The Labute approximate surface area is 202 Å². The molecule has 0 bridgehead atoms. The zero-order valence-corrected chi connectivity index (χ0v) is 20.5. The lowest BCUT2D eigenvalue weighted by Gasteiger charge is -2.26. The molecule has 34 heavy (non-hydrogen) atoms. The van der Waals surface area contributed by atoms with Crippen molar-refractivity contribution in [2.75, 3.05) is 45.9 Å². The van der Waals surface area contributed by atoms with Crippen molar-refractivity contribution in [2.45, 2.75) is 52.2 Å². The molecular weight excluding hydrogens is 436 g/mol. The van der Waals surface area contributed by atoms with Gasteiger partial charge in [-0.2, -0.15) is 0 Å². The highest BCUT2D eigenvalue weighted by atomic mass is 16.5. The SMILES string of the molecule is CC(C)C[C@H](NC(=O)OCc1ccccc1)C(=O)NCCCC(=O)NCCCN1CCOCC1. The molecule has 9 nitrogen and oxygen atoms in total. The minimum absolute atomic E-state index is 0.0161. The van der Waals surface area contributed by atoms with Crippen LogP contribution in [0.25, 0.3) is 0 Å². The Morgan fingerprint density at radius 2 is 1.74 bits per heavy atom. The predicted molar refractivity (Wildman–Crippen MR) is 130 cm³/mol. The third-order valence-corrected chi connectivity index (χ3v) is 5.49. The van der Waals surface area contributed by atoms with E-state index in [2.05, 4.69) is 20.9 Å². The average molecular weight is 477 g/mol. The lowest BCUT2D eigenvalue weighted by Crippen LogP contribution is -2.47. The Kier molecular flexibility index (Phi) is 13.0. The Hall–Kier alpha value is -2.65. The van der Waals surface area contributed by atoms with Gasteiger partial charge in [0.05, 0.1) is 13.2 Å². The molecule has 1 aliphatic heterocycles. The fourth-order valence-corrected chi connectivity index (χ4v) is 3.64. The summed E-state index contributed by atoms with van der Waals surface area (Å²) in [4.78, 5) is 39.1. The molecule has 3 N–H and O–H groups in total. The molecule has 1 atom stereocenters. The monoisotopic (exact) mass is 476 g/mol. The molecule has 0 radical (unpaired) electrons. The van der Waals surface area contributed by atoms with E-state index >= 15 is 0 Å². The summed E-state index contributed by atoms with van der Waals surface area (Å²) in [6.45, 7) is 9.55. The summed E-state index contributed by atoms with van der Waals surface area (Å²) in [5.74, 6) is -0.0673. The smallest absolute Gasteiger partial charge is 0.408 e. The molecule has 1 aliphatic rings. The van der Waals surface area contributed by atoms with E-state index in [4.69, 9.17) is 9.47 Å². The van der Waals surface area contributed by atoms with Crippen molar-refractivity contribution in [3.63, 3.8) is 0 Å². The summed E-state index contributed by atoms with van der Waals surface area (Å²) in [5.41, 5.74) is 0.877. The van der Waals surface area contributed by atoms with Crippen LogP contribution in [-0.2, 0) is 25.7 Å². The molecule has 1 fully saturated rings. The Morgan fingerprint density at radius 1 is 1.03 bits per heavy atom. The second kappa shape index (κ2) is 16.1.